The molecule has 4 rings (SSSR count). The maximum Gasteiger partial charge on any atom is 0.433 e. The van der Waals surface area contributed by atoms with E-state index in [1.807, 2.05) is 6.92 Å². The average Bonchev–Trinajstić information content (AvgIpc) is 2.91. The van der Waals surface area contributed by atoms with Crippen LogP contribution in [0.3, 0.4) is 0 Å². The van der Waals surface area contributed by atoms with Crippen molar-refractivity contribution in [3.05, 3.63) is 71.3 Å². The van der Waals surface area contributed by atoms with Gasteiger partial charge >= 0.3 is 6.11 Å². The predicted molar refractivity (Wildman–Crippen MR) is 138 cm³/mol. The van der Waals surface area contributed by atoms with Crippen LogP contribution in [0.4, 0.5) is 17.6 Å². The fourth-order valence-electron chi connectivity index (χ4n) is 6.10. The molecule has 37 heavy (non-hydrogen) atoms. The highest BCUT2D eigenvalue weighted by Crippen LogP contribution is 2.45. The van der Waals surface area contributed by atoms with E-state index in [1.54, 1.807) is 24.3 Å². The maximum absolute atomic E-state index is 15.0. The Labute approximate surface area is 218 Å². The summed E-state index contributed by atoms with van der Waals surface area (Å²) >= 11 is 0. The number of benzene rings is 2. The highest BCUT2D eigenvalue weighted by atomic mass is 19.3. The lowest BCUT2D eigenvalue weighted by atomic mass is 9.68. The van der Waals surface area contributed by atoms with Gasteiger partial charge in [-0.2, -0.15) is 13.2 Å². The molecule has 2 saturated carbocycles. The van der Waals surface area contributed by atoms with E-state index in [-0.39, 0.29) is 17.2 Å². The predicted octanol–water partition coefficient (Wildman–Crippen LogP) is 9.23. The lowest BCUT2D eigenvalue weighted by molar-refractivity contribution is -0.196. The molecule has 0 bridgehead atoms. The third-order valence-electron chi connectivity index (χ3n) is 8.23. The summed E-state index contributed by atoms with van der Waals surface area (Å²) in [6.45, 7) is 2.95. The molecule has 0 unspecified atom stereocenters. The minimum atomic E-state index is -3.82. The van der Waals surface area contributed by atoms with Gasteiger partial charge in [-0.1, -0.05) is 37.3 Å². The van der Waals surface area contributed by atoms with Gasteiger partial charge in [0.2, 0.25) is 5.82 Å². The Balaban J connectivity index is 1.31. The molecule has 2 aromatic rings. The van der Waals surface area contributed by atoms with Gasteiger partial charge in [0.05, 0.1) is 0 Å². The molecular weight excluding hydrogens is 480 g/mol. The maximum atomic E-state index is 15.0. The van der Waals surface area contributed by atoms with E-state index in [9.17, 15) is 17.6 Å². The first-order valence-electron chi connectivity index (χ1n) is 13.7. The fourth-order valence-corrected chi connectivity index (χ4v) is 6.10. The van der Waals surface area contributed by atoms with Crippen molar-refractivity contribution in [1.29, 1.82) is 0 Å². The first-order chi connectivity index (χ1) is 17.8. The second-order valence-corrected chi connectivity index (χ2v) is 10.6. The third-order valence-corrected chi connectivity index (χ3v) is 8.23. The summed E-state index contributed by atoms with van der Waals surface area (Å²) in [4.78, 5) is 0. The smallest absolute Gasteiger partial charge is 0.433 e. The Kier molecular flexibility index (Phi) is 9.20. The molecule has 2 nitrogen and oxygen atoms in total. The lowest BCUT2D eigenvalue weighted by Crippen LogP contribution is -2.33. The number of rotatable bonds is 9. The first kappa shape index (κ1) is 27.5. The van der Waals surface area contributed by atoms with E-state index in [1.165, 1.54) is 31.7 Å². The van der Waals surface area contributed by atoms with Gasteiger partial charge in [0.25, 0.3) is 0 Å². The zero-order valence-corrected chi connectivity index (χ0v) is 21.8. The van der Waals surface area contributed by atoms with Gasteiger partial charge in [-0.3, -0.25) is 0 Å². The van der Waals surface area contributed by atoms with Crippen LogP contribution in [0.5, 0.6) is 11.5 Å². The number of alkyl halides is 2. The molecule has 2 aliphatic rings. The van der Waals surface area contributed by atoms with Crippen LogP contribution in [0.1, 0.15) is 82.3 Å². The van der Waals surface area contributed by atoms with Crippen molar-refractivity contribution in [2.24, 2.45) is 17.8 Å². The zero-order chi connectivity index (χ0) is 26.4. The molecule has 202 valence electrons. The van der Waals surface area contributed by atoms with Gasteiger partial charge in [0, 0.05) is 0 Å². The first-order valence-corrected chi connectivity index (χ1v) is 13.7. The van der Waals surface area contributed by atoms with Crippen molar-refractivity contribution in [1.82, 2.24) is 0 Å². The van der Waals surface area contributed by atoms with Crippen LogP contribution in [0.25, 0.3) is 0 Å². The highest BCUT2D eigenvalue weighted by molar-refractivity contribution is 5.34. The number of ether oxygens (including phenoxy) is 2. The Bertz CT molecular complexity index is 1030. The molecule has 0 spiro atoms. The van der Waals surface area contributed by atoms with Gasteiger partial charge < -0.3 is 9.47 Å². The fraction of sp³-hybridized carbons (Fsp3) is 0.548. The van der Waals surface area contributed by atoms with Crippen LogP contribution in [-0.2, 0) is 6.42 Å². The van der Waals surface area contributed by atoms with E-state index < -0.39 is 30.1 Å². The van der Waals surface area contributed by atoms with Crippen LogP contribution < -0.4 is 9.47 Å². The average molecular weight is 519 g/mol. The standard InChI is InChI=1S/C31H38F4O2/c1-3-5-22-6-10-23(11-7-22)24-12-14-25(15-13-24)27-18-19-28(30(33)29(27)32)37-31(34,35)20-36-26-16-8-21(4-2)9-17-26/h3,5,8-9,16-19,22-25H,4,6-7,10-15,20H2,1-2H3/b5-3+. The van der Waals surface area contributed by atoms with Crippen molar-refractivity contribution in [2.75, 3.05) is 6.61 Å². The molecular formula is C31H38F4O2. The van der Waals surface area contributed by atoms with E-state index in [0.717, 1.165) is 43.7 Å². The van der Waals surface area contributed by atoms with E-state index in [0.29, 0.717) is 17.8 Å². The third kappa shape index (κ3) is 7.08. The van der Waals surface area contributed by atoms with Crippen molar-refractivity contribution in [3.8, 4) is 11.5 Å². The Morgan fingerprint density at radius 1 is 0.838 bits per heavy atom. The summed E-state index contributed by atoms with van der Waals surface area (Å²) in [5.74, 6) is -1.06. The molecule has 2 aromatic carbocycles. The monoisotopic (exact) mass is 518 g/mol. The minimum absolute atomic E-state index is 0.103. The molecule has 0 aromatic heterocycles. The van der Waals surface area contributed by atoms with Gasteiger partial charge in [-0.05, 0) is 118 Å². The number of hydrogen-bond acceptors (Lipinski definition) is 2. The molecule has 0 N–H and O–H groups in total. The SMILES string of the molecule is C/C=C/C1CCC(C2CCC(c3ccc(OC(F)(F)COc4ccc(CC)cc4)c(F)c3F)CC2)CC1. The van der Waals surface area contributed by atoms with Crippen LogP contribution in [-0.4, -0.2) is 12.7 Å². The Morgan fingerprint density at radius 2 is 1.46 bits per heavy atom. The summed E-state index contributed by atoms with van der Waals surface area (Å²) in [6, 6.07) is 9.27. The molecule has 0 aliphatic heterocycles. The molecule has 2 aliphatic carbocycles. The van der Waals surface area contributed by atoms with E-state index in [2.05, 4.69) is 23.8 Å². The largest absolute Gasteiger partial charge is 0.483 e. The molecule has 0 amide bonds. The van der Waals surface area contributed by atoms with Crippen LogP contribution >= 0.6 is 0 Å². The number of aryl methyl sites for hydroxylation is 1. The summed E-state index contributed by atoms with van der Waals surface area (Å²) < 4.78 is 68.1. The molecule has 0 saturated heterocycles. The van der Waals surface area contributed by atoms with Crippen molar-refractivity contribution >= 4 is 0 Å². The summed E-state index contributed by atoms with van der Waals surface area (Å²) in [5, 5.41) is 0. The van der Waals surface area contributed by atoms with Gasteiger partial charge in [0.15, 0.2) is 18.2 Å². The molecule has 0 radical (unpaired) electrons. The van der Waals surface area contributed by atoms with E-state index in [4.69, 9.17) is 4.74 Å². The second-order valence-electron chi connectivity index (χ2n) is 10.6. The second kappa shape index (κ2) is 12.4. The normalized spacial score (nSPS) is 24.8. The molecule has 0 atom stereocenters. The summed E-state index contributed by atoms with van der Waals surface area (Å²) in [5.41, 5.74) is 1.31. The molecule has 2 fully saturated rings. The Morgan fingerprint density at radius 3 is 2.05 bits per heavy atom. The number of allylic oxidation sites excluding steroid dienone is 2. The number of hydrogen-bond donors (Lipinski definition) is 0. The van der Waals surface area contributed by atoms with Crippen LogP contribution in [0.2, 0.25) is 0 Å². The highest BCUT2D eigenvalue weighted by Gasteiger charge is 2.36. The van der Waals surface area contributed by atoms with Crippen LogP contribution in [0, 0.1) is 29.4 Å². The minimum Gasteiger partial charge on any atom is -0.483 e. The topological polar surface area (TPSA) is 18.5 Å². The van der Waals surface area contributed by atoms with Gasteiger partial charge in [-0.15, -0.1) is 0 Å². The molecule has 6 heteroatoms. The van der Waals surface area contributed by atoms with Crippen molar-refractivity contribution in [3.63, 3.8) is 0 Å². The van der Waals surface area contributed by atoms with Gasteiger partial charge in [-0.25, -0.2) is 4.39 Å². The quantitative estimate of drug-likeness (QED) is 0.243. The Hall–Kier alpha value is -2.50. The van der Waals surface area contributed by atoms with Crippen LogP contribution in [0.15, 0.2) is 48.6 Å². The van der Waals surface area contributed by atoms with E-state index >= 15 is 0 Å². The number of halogens is 4. The molecule has 0 heterocycles. The summed E-state index contributed by atoms with van der Waals surface area (Å²) in [7, 11) is 0. The van der Waals surface area contributed by atoms with Crippen molar-refractivity contribution in [2.45, 2.75) is 83.7 Å². The van der Waals surface area contributed by atoms with Crippen molar-refractivity contribution < 1.29 is 27.0 Å². The van der Waals surface area contributed by atoms with Gasteiger partial charge in [0.1, 0.15) is 5.75 Å². The lowest BCUT2D eigenvalue weighted by Gasteiger charge is -2.37. The summed E-state index contributed by atoms with van der Waals surface area (Å²) in [6.07, 6.45) is 9.97. The zero-order valence-electron chi connectivity index (χ0n) is 21.8.